The summed E-state index contributed by atoms with van der Waals surface area (Å²) < 4.78 is 18.2. The molecule has 0 aliphatic carbocycles. The first-order valence-corrected chi connectivity index (χ1v) is 15.1. The molecule has 2 unspecified atom stereocenters. The number of aliphatic hydroxyl groups excluding tert-OH is 1. The number of ether oxygens (including phenoxy) is 3. The van der Waals surface area contributed by atoms with E-state index in [4.69, 9.17) is 19.2 Å². The standard InChI is InChI=1S/C33H32N2O6S/c1-4-6-14-40-23-9-7-8-20(17-23)29-28(30(36)21-10-13-26-22(16-21)15-19(3)41-26)31(37)32(38)35(29)33-34-25-12-11-24(39-5-2)18-27(25)42-33/h7-13,16-19,29,36H,4-6,14-15H2,1-3H3/b30-28+. The lowest BCUT2D eigenvalue weighted by atomic mass is 9.94. The average Bonchev–Trinajstić information content (AvgIpc) is 3.65. The molecule has 1 aromatic heterocycles. The number of ketones is 1. The lowest BCUT2D eigenvalue weighted by Crippen LogP contribution is -2.29. The molecule has 2 atom stereocenters. The van der Waals surface area contributed by atoms with Gasteiger partial charge in [-0.2, -0.15) is 0 Å². The fourth-order valence-corrected chi connectivity index (χ4v) is 6.45. The number of carbonyl (C=O) groups is 2. The first-order chi connectivity index (χ1) is 20.4. The third kappa shape index (κ3) is 5.09. The Morgan fingerprint density at radius 3 is 2.71 bits per heavy atom. The quantitative estimate of drug-likeness (QED) is 0.0997. The minimum absolute atomic E-state index is 0.00637. The van der Waals surface area contributed by atoms with Gasteiger partial charge >= 0.3 is 5.91 Å². The topological polar surface area (TPSA) is 98.2 Å². The summed E-state index contributed by atoms with van der Waals surface area (Å²) in [5, 5.41) is 12.0. The number of amides is 1. The van der Waals surface area contributed by atoms with E-state index in [-0.39, 0.29) is 17.4 Å². The van der Waals surface area contributed by atoms with Gasteiger partial charge in [0.1, 0.15) is 29.1 Å². The minimum Gasteiger partial charge on any atom is -0.507 e. The molecule has 1 saturated heterocycles. The second kappa shape index (κ2) is 11.5. The summed E-state index contributed by atoms with van der Waals surface area (Å²) in [4.78, 5) is 33.6. The summed E-state index contributed by atoms with van der Waals surface area (Å²) in [5.41, 5.74) is 2.72. The Bertz CT molecular complexity index is 1710. The van der Waals surface area contributed by atoms with E-state index in [1.54, 1.807) is 12.1 Å². The zero-order chi connectivity index (χ0) is 29.4. The van der Waals surface area contributed by atoms with Crippen LogP contribution in [0.3, 0.4) is 0 Å². The van der Waals surface area contributed by atoms with Gasteiger partial charge in [0.25, 0.3) is 5.78 Å². The fourth-order valence-electron chi connectivity index (χ4n) is 5.43. The third-order valence-electron chi connectivity index (χ3n) is 7.42. The van der Waals surface area contributed by atoms with E-state index in [1.807, 2.05) is 62.4 Å². The van der Waals surface area contributed by atoms with E-state index in [2.05, 4.69) is 6.92 Å². The molecule has 6 rings (SSSR count). The number of anilines is 1. The number of nitrogens with zero attached hydrogens (tertiary/aromatic N) is 2. The Kier molecular flexibility index (Phi) is 7.60. The van der Waals surface area contributed by atoms with E-state index in [1.165, 1.54) is 16.2 Å². The molecule has 2 aliphatic heterocycles. The van der Waals surface area contributed by atoms with Crippen molar-refractivity contribution in [3.63, 3.8) is 0 Å². The van der Waals surface area contributed by atoms with Gasteiger partial charge in [0.15, 0.2) is 5.13 Å². The molecular formula is C33H32N2O6S. The van der Waals surface area contributed by atoms with Crippen LogP contribution in [-0.4, -0.2) is 41.1 Å². The predicted octanol–water partition coefficient (Wildman–Crippen LogP) is 6.82. The average molecular weight is 585 g/mol. The van der Waals surface area contributed by atoms with E-state index in [0.717, 1.165) is 28.9 Å². The highest BCUT2D eigenvalue weighted by molar-refractivity contribution is 7.22. The number of fused-ring (bicyclic) bond motifs is 2. The Hall–Kier alpha value is -4.37. The molecule has 8 nitrogen and oxygen atoms in total. The first kappa shape index (κ1) is 27.8. The molecule has 0 radical (unpaired) electrons. The van der Waals surface area contributed by atoms with Crippen LogP contribution in [0.5, 0.6) is 17.2 Å². The van der Waals surface area contributed by atoms with Crippen LogP contribution in [0.25, 0.3) is 16.0 Å². The third-order valence-corrected chi connectivity index (χ3v) is 8.44. The smallest absolute Gasteiger partial charge is 0.301 e. The molecule has 9 heteroatoms. The van der Waals surface area contributed by atoms with Gasteiger partial charge in [0.2, 0.25) is 0 Å². The van der Waals surface area contributed by atoms with Crippen molar-refractivity contribution in [2.24, 2.45) is 0 Å². The van der Waals surface area contributed by atoms with Crippen LogP contribution >= 0.6 is 11.3 Å². The monoisotopic (exact) mass is 584 g/mol. The summed E-state index contributed by atoms with van der Waals surface area (Å²) in [6.07, 6.45) is 2.62. The molecule has 2 aliphatic rings. The summed E-state index contributed by atoms with van der Waals surface area (Å²) in [7, 11) is 0. The van der Waals surface area contributed by atoms with Gasteiger partial charge in [-0.05, 0) is 79.9 Å². The second-order valence-corrected chi connectivity index (χ2v) is 11.5. The molecule has 0 spiro atoms. The van der Waals surface area contributed by atoms with Crippen LogP contribution in [-0.2, 0) is 16.0 Å². The number of carbonyl (C=O) groups excluding carboxylic acids is 2. The number of aliphatic hydroxyl groups is 1. The zero-order valence-electron chi connectivity index (χ0n) is 23.8. The van der Waals surface area contributed by atoms with Crippen molar-refractivity contribution in [2.75, 3.05) is 18.1 Å². The molecule has 0 saturated carbocycles. The fraction of sp³-hybridized carbons (Fsp3) is 0.303. The lowest BCUT2D eigenvalue weighted by molar-refractivity contribution is -0.132. The molecular weight excluding hydrogens is 552 g/mol. The van der Waals surface area contributed by atoms with Gasteiger partial charge in [-0.15, -0.1) is 0 Å². The van der Waals surface area contributed by atoms with E-state index in [0.29, 0.717) is 52.9 Å². The first-order valence-electron chi connectivity index (χ1n) is 14.2. The Labute approximate surface area is 248 Å². The van der Waals surface area contributed by atoms with Crippen LogP contribution in [0.1, 0.15) is 56.3 Å². The molecule has 1 N–H and O–H groups in total. The van der Waals surface area contributed by atoms with Gasteiger partial charge in [-0.25, -0.2) is 4.98 Å². The highest BCUT2D eigenvalue weighted by Crippen LogP contribution is 2.45. The molecule has 3 aromatic carbocycles. The highest BCUT2D eigenvalue weighted by Gasteiger charge is 2.48. The van der Waals surface area contributed by atoms with Gasteiger partial charge in [0.05, 0.1) is 35.0 Å². The second-order valence-electron chi connectivity index (χ2n) is 10.5. The van der Waals surface area contributed by atoms with Crippen LogP contribution < -0.4 is 19.1 Å². The maximum atomic E-state index is 13.7. The molecule has 1 amide bonds. The van der Waals surface area contributed by atoms with Crippen molar-refractivity contribution in [1.29, 1.82) is 0 Å². The Balaban J connectivity index is 1.48. The predicted molar refractivity (Wildman–Crippen MR) is 163 cm³/mol. The normalized spacial score (nSPS) is 19.3. The largest absolute Gasteiger partial charge is 0.507 e. The minimum atomic E-state index is -0.907. The Morgan fingerprint density at radius 2 is 1.90 bits per heavy atom. The van der Waals surface area contributed by atoms with Crippen molar-refractivity contribution in [3.05, 3.63) is 82.9 Å². The van der Waals surface area contributed by atoms with Crippen molar-refractivity contribution in [3.8, 4) is 17.2 Å². The van der Waals surface area contributed by atoms with E-state index < -0.39 is 17.7 Å². The number of rotatable bonds is 9. The summed E-state index contributed by atoms with van der Waals surface area (Å²) >= 11 is 1.30. The summed E-state index contributed by atoms with van der Waals surface area (Å²) in [6.45, 7) is 7.06. The van der Waals surface area contributed by atoms with Crippen molar-refractivity contribution < 1.29 is 28.9 Å². The Morgan fingerprint density at radius 1 is 1.07 bits per heavy atom. The number of aromatic nitrogens is 1. The molecule has 0 bridgehead atoms. The molecule has 216 valence electrons. The molecule has 42 heavy (non-hydrogen) atoms. The number of Topliss-reactive ketones (excluding diaryl/α,β-unsaturated/α-hetero) is 1. The van der Waals surface area contributed by atoms with Crippen LogP contribution in [0.4, 0.5) is 5.13 Å². The van der Waals surface area contributed by atoms with Crippen molar-refractivity contribution in [2.45, 2.75) is 52.2 Å². The van der Waals surface area contributed by atoms with Crippen molar-refractivity contribution >= 4 is 44.1 Å². The van der Waals surface area contributed by atoms with Gasteiger partial charge in [-0.1, -0.05) is 36.8 Å². The zero-order valence-corrected chi connectivity index (χ0v) is 24.6. The SMILES string of the molecule is CCCCOc1cccc(C2/C(=C(\O)c3ccc4c(c3)CC(C)O4)C(=O)C(=O)N2c2nc3ccc(OCC)cc3s2)c1. The summed E-state index contributed by atoms with van der Waals surface area (Å²) in [5.74, 6) is 0.330. The summed E-state index contributed by atoms with van der Waals surface area (Å²) in [6, 6.07) is 17.3. The number of thiazole rings is 1. The molecule has 1 fully saturated rings. The van der Waals surface area contributed by atoms with Crippen LogP contribution in [0, 0.1) is 0 Å². The van der Waals surface area contributed by atoms with Crippen molar-refractivity contribution in [1.82, 2.24) is 4.98 Å². The molecule has 4 aromatic rings. The number of hydrogen-bond donors (Lipinski definition) is 1. The number of unbranched alkanes of at least 4 members (excludes halogenated alkanes) is 1. The van der Waals surface area contributed by atoms with Crippen LogP contribution in [0.2, 0.25) is 0 Å². The lowest BCUT2D eigenvalue weighted by Gasteiger charge is -2.23. The van der Waals surface area contributed by atoms with Gasteiger partial charge in [-0.3, -0.25) is 14.5 Å². The number of hydrogen-bond acceptors (Lipinski definition) is 8. The van der Waals surface area contributed by atoms with Crippen LogP contribution in [0.15, 0.2) is 66.2 Å². The van der Waals surface area contributed by atoms with Gasteiger partial charge in [0, 0.05) is 12.0 Å². The molecule has 3 heterocycles. The van der Waals surface area contributed by atoms with E-state index >= 15 is 0 Å². The van der Waals surface area contributed by atoms with Gasteiger partial charge < -0.3 is 19.3 Å². The maximum Gasteiger partial charge on any atom is 0.301 e. The maximum absolute atomic E-state index is 13.7. The van der Waals surface area contributed by atoms with E-state index in [9.17, 15) is 14.7 Å². The number of benzene rings is 3. The highest BCUT2D eigenvalue weighted by atomic mass is 32.1.